The van der Waals surface area contributed by atoms with E-state index in [0.717, 1.165) is 11.1 Å². The van der Waals surface area contributed by atoms with Gasteiger partial charge in [-0.2, -0.15) is 0 Å². The Morgan fingerprint density at radius 3 is 2.08 bits per heavy atom. The number of carbonyl (C=O) groups is 1. The molecule has 2 rings (SSSR count). The molecule has 1 unspecified atom stereocenters. The number of carboxylic acid groups (broad SMARTS) is 1. The van der Waals surface area contributed by atoms with Crippen molar-refractivity contribution >= 4 is 5.97 Å². The van der Waals surface area contributed by atoms with Gasteiger partial charge in [-0.3, -0.25) is 4.79 Å². The van der Waals surface area contributed by atoms with Gasteiger partial charge in [0.1, 0.15) is 6.04 Å². The Bertz CT molecular complexity index is 677. The predicted molar refractivity (Wildman–Crippen MR) is 94.5 cm³/mol. The number of carboxylic acids is 1. The molecular weight excluding hydrogens is 322 g/mol. The number of rotatable bonds is 9. The van der Waals surface area contributed by atoms with Crippen molar-refractivity contribution in [3.63, 3.8) is 0 Å². The fraction of sp³-hybridized carbons (Fsp3) is 0.316. The highest BCUT2D eigenvalue weighted by Gasteiger charge is 2.19. The topological polar surface area (TPSA) is 77.0 Å². The molecule has 1 atom stereocenters. The largest absolute Gasteiger partial charge is 0.493 e. The summed E-state index contributed by atoms with van der Waals surface area (Å²) in [5.74, 6) is 0.686. The van der Waals surface area contributed by atoms with Gasteiger partial charge in [-0.05, 0) is 29.7 Å². The van der Waals surface area contributed by atoms with E-state index in [4.69, 9.17) is 14.2 Å². The summed E-state index contributed by atoms with van der Waals surface area (Å²) in [6.45, 7) is 0.362. The molecule has 2 aromatic carbocycles. The van der Waals surface area contributed by atoms with Gasteiger partial charge in [-0.1, -0.05) is 30.3 Å². The normalized spacial score (nSPS) is 11.6. The first-order valence-electron chi connectivity index (χ1n) is 7.88. The fourth-order valence-electron chi connectivity index (χ4n) is 2.58. The van der Waals surface area contributed by atoms with Crippen LogP contribution in [0.1, 0.15) is 11.1 Å². The van der Waals surface area contributed by atoms with E-state index in [9.17, 15) is 9.90 Å². The third-order valence-corrected chi connectivity index (χ3v) is 3.86. The second-order valence-electron chi connectivity index (χ2n) is 5.50. The Balaban J connectivity index is 2.13. The Labute approximate surface area is 147 Å². The number of ether oxygens (including phenoxy) is 3. The maximum atomic E-state index is 11.5. The Kier molecular flexibility index (Phi) is 6.65. The van der Waals surface area contributed by atoms with Gasteiger partial charge in [-0.25, -0.2) is 0 Å². The van der Waals surface area contributed by atoms with Gasteiger partial charge in [0.2, 0.25) is 5.75 Å². The smallest absolute Gasteiger partial charge is 0.321 e. The molecule has 2 N–H and O–H groups in total. The zero-order valence-electron chi connectivity index (χ0n) is 14.6. The van der Waals surface area contributed by atoms with Crippen molar-refractivity contribution in [2.75, 3.05) is 21.3 Å². The third-order valence-electron chi connectivity index (χ3n) is 3.86. The number of benzene rings is 2. The average molecular weight is 345 g/mol. The lowest BCUT2D eigenvalue weighted by molar-refractivity contribution is -0.139. The molecule has 2 aromatic rings. The summed E-state index contributed by atoms with van der Waals surface area (Å²) in [5.41, 5.74) is 1.81. The molecule has 134 valence electrons. The predicted octanol–water partition coefficient (Wildman–Crippen LogP) is 2.50. The van der Waals surface area contributed by atoms with E-state index in [0.29, 0.717) is 30.2 Å². The summed E-state index contributed by atoms with van der Waals surface area (Å²) in [5, 5.41) is 12.5. The number of hydrogen-bond acceptors (Lipinski definition) is 5. The van der Waals surface area contributed by atoms with E-state index < -0.39 is 12.0 Å². The molecule has 0 aliphatic carbocycles. The van der Waals surface area contributed by atoms with E-state index in [1.165, 1.54) is 0 Å². The molecular formula is C19H23NO5. The molecule has 0 fully saturated rings. The molecule has 0 amide bonds. The lowest BCUT2D eigenvalue weighted by Crippen LogP contribution is -2.38. The number of hydrogen-bond donors (Lipinski definition) is 2. The van der Waals surface area contributed by atoms with Crippen LogP contribution in [0, 0.1) is 0 Å². The van der Waals surface area contributed by atoms with E-state index in [1.807, 2.05) is 30.3 Å². The van der Waals surface area contributed by atoms with Crippen LogP contribution in [0.4, 0.5) is 0 Å². The van der Waals surface area contributed by atoms with E-state index in [-0.39, 0.29) is 0 Å². The van der Waals surface area contributed by atoms with Crippen molar-refractivity contribution in [2.24, 2.45) is 0 Å². The lowest BCUT2D eigenvalue weighted by Gasteiger charge is -2.17. The molecule has 25 heavy (non-hydrogen) atoms. The zero-order chi connectivity index (χ0) is 18.2. The fourth-order valence-corrected chi connectivity index (χ4v) is 2.58. The minimum atomic E-state index is -0.892. The van der Waals surface area contributed by atoms with Crippen LogP contribution in [-0.4, -0.2) is 38.4 Å². The minimum absolute atomic E-state index is 0.362. The van der Waals surface area contributed by atoms with Crippen molar-refractivity contribution < 1.29 is 24.1 Å². The maximum Gasteiger partial charge on any atom is 0.321 e. The Hall–Kier alpha value is -2.73. The molecule has 0 heterocycles. The minimum Gasteiger partial charge on any atom is -0.493 e. The van der Waals surface area contributed by atoms with Crippen LogP contribution in [0.5, 0.6) is 17.2 Å². The second-order valence-corrected chi connectivity index (χ2v) is 5.50. The summed E-state index contributed by atoms with van der Waals surface area (Å²) in [4.78, 5) is 11.5. The third kappa shape index (κ3) is 4.87. The van der Waals surface area contributed by atoms with E-state index in [1.54, 1.807) is 33.5 Å². The zero-order valence-corrected chi connectivity index (χ0v) is 14.6. The first-order chi connectivity index (χ1) is 12.1. The van der Waals surface area contributed by atoms with Crippen molar-refractivity contribution in [1.82, 2.24) is 5.32 Å². The van der Waals surface area contributed by atoms with E-state index >= 15 is 0 Å². The molecule has 0 radical (unpaired) electrons. The van der Waals surface area contributed by atoms with Crippen LogP contribution in [0.2, 0.25) is 0 Å². The van der Waals surface area contributed by atoms with Gasteiger partial charge < -0.3 is 24.6 Å². The molecule has 0 aliphatic rings. The van der Waals surface area contributed by atoms with Crippen LogP contribution in [0.3, 0.4) is 0 Å². The Morgan fingerprint density at radius 2 is 1.60 bits per heavy atom. The van der Waals surface area contributed by atoms with Crippen LogP contribution < -0.4 is 19.5 Å². The summed E-state index contributed by atoms with van der Waals surface area (Å²) in [6.07, 6.45) is 0.403. The number of nitrogens with one attached hydrogen (secondary N) is 1. The number of aliphatic carboxylic acids is 1. The molecule has 0 spiro atoms. The monoisotopic (exact) mass is 345 g/mol. The summed E-state index contributed by atoms with van der Waals surface area (Å²) in [7, 11) is 4.63. The summed E-state index contributed by atoms with van der Waals surface area (Å²) < 4.78 is 15.9. The van der Waals surface area contributed by atoms with Gasteiger partial charge in [0.05, 0.1) is 21.3 Å². The van der Waals surface area contributed by atoms with Gasteiger partial charge in [0, 0.05) is 6.54 Å². The molecule has 0 aliphatic heterocycles. The molecule has 0 aromatic heterocycles. The molecule has 0 bridgehead atoms. The molecule has 0 saturated heterocycles. The van der Waals surface area contributed by atoms with E-state index in [2.05, 4.69) is 5.32 Å². The Morgan fingerprint density at radius 1 is 1.00 bits per heavy atom. The highest BCUT2D eigenvalue weighted by molar-refractivity contribution is 5.74. The molecule has 6 heteroatoms. The van der Waals surface area contributed by atoms with Gasteiger partial charge in [0.25, 0.3) is 0 Å². The quantitative estimate of drug-likeness (QED) is 0.727. The van der Waals surface area contributed by atoms with Gasteiger partial charge >= 0.3 is 5.97 Å². The van der Waals surface area contributed by atoms with Crippen LogP contribution in [0.25, 0.3) is 0 Å². The van der Waals surface area contributed by atoms with Crippen molar-refractivity contribution in [3.05, 3.63) is 53.6 Å². The number of methoxy groups -OCH3 is 3. The van der Waals surface area contributed by atoms with Crippen LogP contribution in [-0.2, 0) is 17.8 Å². The van der Waals surface area contributed by atoms with Crippen molar-refractivity contribution in [3.8, 4) is 17.2 Å². The van der Waals surface area contributed by atoms with Crippen molar-refractivity contribution in [2.45, 2.75) is 19.0 Å². The van der Waals surface area contributed by atoms with Crippen LogP contribution >= 0.6 is 0 Å². The highest BCUT2D eigenvalue weighted by Crippen LogP contribution is 2.38. The first kappa shape index (κ1) is 18.6. The van der Waals surface area contributed by atoms with Gasteiger partial charge in [0.15, 0.2) is 11.5 Å². The SMILES string of the molecule is COc1cc(CNC(Cc2ccccc2)C(=O)O)cc(OC)c1OC. The highest BCUT2D eigenvalue weighted by atomic mass is 16.5. The maximum absolute atomic E-state index is 11.5. The molecule has 0 saturated carbocycles. The lowest BCUT2D eigenvalue weighted by atomic mass is 10.1. The van der Waals surface area contributed by atoms with Crippen LogP contribution in [0.15, 0.2) is 42.5 Å². The first-order valence-corrected chi connectivity index (χ1v) is 7.88. The summed E-state index contributed by atoms with van der Waals surface area (Å²) >= 11 is 0. The standard InChI is InChI=1S/C19H23NO5/c1-23-16-10-14(11-17(24-2)18(16)25-3)12-20-15(19(21)22)9-13-7-5-4-6-8-13/h4-8,10-11,15,20H,9,12H2,1-3H3,(H,21,22). The van der Waals surface area contributed by atoms with Crippen molar-refractivity contribution in [1.29, 1.82) is 0 Å². The summed E-state index contributed by atoms with van der Waals surface area (Å²) in [6, 6.07) is 12.4. The second kappa shape index (κ2) is 8.94. The average Bonchev–Trinajstić information content (AvgIpc) is 2.64. The van der Waals surface area contributed by atoms with Gasteiger partial charge in [-0.15, -0.1) is 0 Å². The molecule has 6 nitrogen and oxygen atoms in total.